The van der Waals surface area contributed by atoms with E-state index in [1.54, 1.807) is 12.1 Å². The summed E-state index contributed by atoms with van der Waals surface area (Å²) in [5, 5.41) is 8.48. The molecule has 0 bridgehead atoms. The van der Waals surface area contributed by atoms with Crippen LogP contribution in [0.2, 0.25) is 0 Å². The molecule has 1 aliphatic heterocycles. The highest BCUT2D eigenvalue weighted by Gasteiger charge is 2.27. The van der Waals surface area contributed by atoms with Crippen LogP contribution >= 0.6 is 0 Å². The first-order valence-corrected chi connectivity index (χ1v) is 7.48. The number of aliphatic carboxylic acids is 1. The van der Waals surface area contributed by atoms with Gasteiger partial charge in [-0.3, -0.25) is 0 Å². The van der Waals surface area contributed by atoms with Crippen molar-refractivity contribution >= 4 is 17.1 Å². The van der Waals surface area contributed by atoms with Crippen molar-refractivity contribution in [2.45, 2.75) is 25.0 Å². The zero-order chi connectivity index (χ0) is 13.8. The van der Waals surface area contributed by atoms with Crippen LogP contribution in [0.4, 0.5) is 0 Å². The SMILES string of the molecule is CCCC(c1ccc2c(c1)OCO2)[S+]([O-])CC(=O)O. The third kappa shape index (κ3) is 3.33. The molecule has 2 unspecified atom stereocenters. The third-order valence-corrected chi connectivity index (χ3v) is 4.58. The normalized spacial score (nSPS) is 16.1. The molecule has 5 nitrogen and oxygen atoms in total. The molecule has 0 fully saturated rings. The highest BCUT2D eigenvalue weighted by atomic mass is 32.2. The van der Waals surface area contributed by atoms with Crippen molar-refractivity contribution in [2.24, 2.45) is 0 Å². The van der Waals surface area contributed by atoms with Crippen LogP contribution in [0.1, 0.15) is 30.6 Å². The van der Waals surface area contributed by atoms with Gasteiger partial charge in [0.25, 0.3) is 0 Å². The van der Waals surface area contributed by atoms with Gasteiger partial charge in [-0.15, -0.1) is 0 Å². The summed E-state index contributed by atoms with van der Waals surface area (Å²) >= 11 is -1.43. The molecular weight excluding hydrogens is 268 g/mol. The largest absolute Gasteiger partial charge is 0.615 e. The topological polar surface area (TPSA) is 78.8 Å². The highest BCUT2D eigenvalue weighted by Crippen LogP contribution is 2.37. The number of carbonyl (C=O) groups is 1. The number of hydrogen-bond donors (Lipinski definition) is 1. The first-order valence-electron chi connectivity index (χ1n) is 6.10. The molecule has 2 atom stereocenters. The van der Waals surface area contributed by atoms with E-state index in [4.69, 9.17) is 14.6 Å². The second kappa shape index (κ2) is 6.16. The fourth-order valence-electron chi connectivity index (χ4n) is 2.05. The average molecular weight is 284 g/mol. The quantitative estimate of drug-likeness (QED) is 0.809. The Balaban J connectivity index is 2.20. The molecule has 0 spiro atoms. The maximum absolute atomic E-state index is 12.1. The summed E-state index contributed by atoms with van der Waals surface area (Å²) in [6, 6.07) is 5.40. The van der Waals surface area contributed by atoms with E-state index in [0.29, 0.717) is 17.9 Å². The van der Waals surface area contributed by atoms with Crippen molar-refractivity contribution in [1.29, 1.82) is 0 Å². The van der Waals surface area contributed by atoms with Crippen LogP contribution in [-0.4, -0.2) is 28.2 Å². The van der Waals surface area contributed by atoms with Crippen molar-refractivity contribution in [3.8, 4) is 11.5 Å². The predicted octanol–water partition coefficient (Wildman–Crippen LogP) is 2.09. The van der Waals surface area contributed by atoms with E-state index < -0.39 is 17.1 Å². The molecule has 19 heavy (non-hydrogen) atoms. The zero-order valence-corrected chi connectivity index (χ0v) is 11.4. The van der Waals surface area contributed by atoms with E-state index in [1.807, 2.05) is 13.0 Å². The van der Waals surface area contributed by atoms with Gasteiger partial charge in [0.05, 0.1) is 0 Å². The lowest BCUT2D eigenvalue weighted by Gasteiger charge is -2.20. The molecule has 104 valence electrons. The summed E-state index contributed by atoms with van der Waals surface area (Å²) in [6.07, 6.45) is 1.52. The molecule has 1 aromatic carbocycles. The first-order chi connectivity index (χ1) is 9.11. The van der Waals surface area contributed by atoms with Crippen LogP contribution in [0.3, 0.4) is 0 Å². The molecule has 1 N–H and O–H groups in total. The maximum atomic E-state index is 12.1. The van der Waals surface area contributed by atoms with E-state index >= 15 is 0 Å². The van der Waals surface area contributed by atoms with Gasteiger partial charge in [0.15, 0.2) is 11.5 Å². The van der Waals surface area contributed by atoms with Crippen LogP contribution in [0.5, 0.6) is 11.5 Å². The third-order valence-electron chi connectivity index (χ3n) is 2.90. The van der Waals surface area contributed by atoms with Crippen LogP contribution in [-0.2, 0) is 16.0 Å². The Labute approximate surface area is 114 Å². The molecule has 0 radical (unpaired) electrons. The van der Waals surface area contributed by atoms with Crippen LogP contribution < -0.4 is 9.47 Å². The summed E-state index contributed by atoms with van der Waals surface area (Å²) in [6.45, 7) is 2.17. The first kappa shape index (κ1) is 14.0. The summed E-state index contributed by atoms with van der Waals surface area (Å²) in [4.78, 5) is 10.7. The molecule has 1 heterocycles. The number of fused-ring (bicyclic) bond motifs is 1. The number of rotatable bonds is 6. The van der Waals surface area contributed by atoms with E-state index in [0.717, 1.165) is 12.0 Å². The number of carboxylic acids is 1. The maximum Gasteiger partial charge on any atom is 0.353 e. The smallest absolute Gasteiger partial charge is 0.353 e. The van der Waals surface area contributed by atoms with Gasteiger partial charge in [-0.05, 0) is 29.7 Å². The van der Waals surface area contributed by atoms with Gasteiger partial charge in [0.1, 0.15) is 5.25 Å². The predicted molar refractivity (Wildman–Crippen MR) is 70.9 cm³/mol. The second-order valence-electron chi connectivity index (χ2n) is 4.31. The molecule has 6 heteroatoms. The minimum atomic E-state index is -1.43. The minimum absolute atomic E-state index is 0.190. The number of ether oxygens (including phenoxy) is 2. The van der Waals surface area contributed by atoms with Crippen molar-refractivity contribution < 1.29 is 23.9 Å². The monoisotopic (exact) mass is 284 g/mol. The standard InChI is InChI=1S/C13H16O5S/c1-2-3-12(19(16)7-13(14)15)9-4-5-10-11(6-9)18-8-17-10/h4-6,12H,2-3,7-8H2,1H3,(H,14,15). The Kier molecular flexibility index (Phi) is 4.55. The van der Waals surface area contributed by atoms with E-state index in [1.165, 1.54) is 0 Å². The van der Waals surface area contributed by atoms with Gasteiger partial charge >= 0.3 is 5.97 Å². The molecule has 0 saturated carbocycles. The fraction of sp³-hybridized carbons (Fsp3) is 0.462. The number of benzene rings is 1. The molecule has 0 aliphatic carbocycles. The van der Waals surface area contributed by atoms with Crippen molar-refractivity contribution in [1.82, 2.24) is 0 Å². The van der Waals surface area contributed by atoms with Gasteiger partial charge in [-0.1, -0.05) is 19.4 Å². The minimum Gasteiger partial charge on any atom is -0.615 e. The summed E-state index contributed by atoms with van der Waals surface area (Å²) in [7, 11) is 0. The molecule has 1 aliphatic rings. The lowest BCUT2D eigenvalue weighted by atomic mass is 10.1. The lowest BCUT2D eigenvalue weighted by Crippen LogP contribution is -2.22. The molecule has 2 rings (SSSR count). The Morgan fingerprint density at radius 1 is 1.47 bits per heavy atom. The number of carboxylic acid groups (broad SMARTS) is 1. The molecule has 1 aromatic rings. The second-order valence-corrected chi connectivity index (χ2v) is 5.93. The van der Waals surface area contributed by atoms with Crippen molar-refractivity contribution in [3.05, 3.63) is 23.8 Å². The van der Waals surface area contributed by atoms with Crippen LogP contribution in [0, 0.1) is 0 Å². The van der Waals surface area contributed by atoms with E-state index in [9.17, 15) is 9.35 Å². The van der Waals surface area contributed by atoms with Gasteiger partial charge in [0, 0.05) is 5.56 Å². The Morgan fingerprint density at radius 3 is 2.89 bits per heavy atom. The van der Waals surface area contributed by atoms with Gasteiger partial charge in [-0.25, -0.2) is 4.79 Å². The zero-order valence-electron chi connectivity index (χ0n) is 10.6. The van der Waals surface area contributed by atoms with Gasteiger partial charge < -0.3 is 19.1 Å². The Bertz CT molecular complexity index is 462. The molecule has 0 aromatic heterocycles. The average Bonchev–Trinajstić information content (AvgIpc) is 2.81. The van der Waals surface area contributed by atoms with E-state index in [-0.39, 0.29) is 17.8 Å². The Hall–Kier alpha value is -1.40. The summed E-state index contributed by atoms with van der Waals surface area (Å²) < 4.78 is 22.6. The highest BCUT2D eigenvalue weighted by molar-refractivity contribution is 7.92. The summed E-state index contributed by atoms with van der Waals surface area (Å²) in [5.41, 5.74) is 0.839. The van der Waals surface area contributed by atoms with Crippen molar-refractivity contribution in [2.75, 3.05) is 12.5 Å². The fourth-order valence-corrected chi connectivity index (χ4v) is 3.44. The molecular formula is C13H16O5S. The summed E-state index contributed by atoms with van der Waals surface area (Å²) in [5.74, 6) is -0.0758. The van der Waals surface area contributed by atoms with Gasteiger partial charge in [-0.2, -0.15) is 0 Å². The van der Waals surface area contributed by atoms with Crippen molar-refractivity contribution in [3.63, 3.8) is 0 Å². The van der Waals surface area contributed by atoms with E-state index in [2.05, 4.69) is 0 Å². The molecule has 0 amide bonds. The van der Waals surface area contributed by atoms with Crippen LogP contribution in [0.15, 0.2) is 18.2 Å². The molecule has 0 saturated heterocycles. The lowest BCUT2D eigenvalue weighted by molar-refractivity contribution is -0.134. The van der Waals surface area contributed by atoms with Gasteiger partial charge in [0.2, 0.25) is 12.5 Å². The Morgan fingerprint density at radius 2 is 2.21 bits per heavy atom. The van der Waals surface area contributed by atoms with Crippen LogP contribution in [0.25, 0.3) is 0 Å². The number of hydrogen-bond acceptors (Lipinski definition) is 4.